The average molecular weight is 296 g/mol. The maximum atomic E-state index is 12.2. The van der Waals surface area contributed by atoms with E-state index in [1.165, 1.54) is 18.2 Å². The number of unbranched alkanes of at least 4 members (excludes halogenated alkanes) is 1. The van der Waals surface area contributed by atoms with E-state index < -0.39 is 9.84 Å². The molecule has 0 saturated heterocycles. The van der Waals surface area contributed by atoms with E-state index in [1.54, 1.807) is 18.0 Å². The predicted octanol–water partition coefficient (Wildman–Crippen LogP) is 1.71. The molecule has 0 unspecified atom stereocenters. The van der Waals surface area contributed by atoms with Gasteiger partial charge in [0.15, 0.2) is 9.84 Å². The second-order valence-corrected chi connectivity index (χ2v) is 6.74. The van der Waals surface area contributed by atoms with Gasteiger partial charge >= 0.3 is 0 Å². The smallest absolute Gasteiger partial charge is 0.253 e. The van der Waals surface area contributed by atoms with E-state index in [1.807, 2.05) is 0 Å². The molecule has 110 valence electrons. The van der Waals surface area contributed by atoms with Crippen molar-refractivity contribution in [2.45, 2.75) is 17.7 Å². The number of sulfone groups is 1. The summed E-state index contributed by atoms with van der Waals surface area (Å²) in [6.45, 7) is 4.20. The number of hydrogen-bond donors (Lipinski definition) is 1. The van der Waals surface area contributed by atoms with Crippen molar-refractivity contribution in [1.82, 2.24) is 4.90 Å². The van der Waals surface area contributed by atoms with E-state index in [-0.39, 0.29) is 22.1 Å². The van der Waals surface area contributed by atoms with Crippen molar-refractivity contribution >= 4 is 21.4 Å². The minimum atomic E-state index is -3.39. The Morgan fingerprint density at radius 3 is 2.60 bits per heavy atom. The fourth-order valence-electron chi connectivity index (χ4n) is 1.75. The molecule has 2 N–H and O–H groups in total. The van der Waals surface area contributed by atoms with Gasteiger partial charge in [0, 0.05) is 31.1 Å². The van der Waals surface area contributed by atoms with Gasteiger partial charge in [0.25, 0.3) is 5.91 Å². The quantitative estimate of drug-likeness (QED) is 0.492. The van der Waals surface area contributed by atoms with E-state index in [4.69, 9.17) is 5.73 Å². The number of anilines is 1. The molecule has 0 heterocycles. The molecule has 0 atom stereocenters. The summed E-state index contributed by atoms with van der Waals surface area (Å²) >= 11 is 0. The zero-order valence-corrected chi connectivity index (χ0v) is 12.6. The van der Waals surface area contributed by atoms with Crippen LogP contribution in [-0.2, 0) is 9.84 Å². The Labute approximate surface area is 120 Å². The van der Waals surface area contributed by atoms with Crippen LogP contribution in [0.15, 0.2) is 35.7 Å². The van der Waals surface area contributed by atoms with E-state index >= 15 is 0 Å². The number of carbonyl (C=O) groups is 1. The number of nitrogen functional groups attached to an aromatic ring is 1. The zero-order chi connectivity index (χ0) is 15.3. The lowest BCUT2D eigenvalue weighted by Gasteiger charge is -2.17. The standard InChI is InChI=1S/C14H20N2O3S/c1-4-5-6-7-16(2)14(17)11-8-12(15)10-13(9-11)20(3,18)19/h4,8-10H,1,5-7,15H2,2-3H3. The largest absolute Gasteiger partial charge is 0.399 e. The summed E-state index contributed by atoms with van der Waals surface area (Å²) in [5.74, 6) is -0.244. The number of rotatable bonds is 6. The van der Waals surface area contributed by atoms with Crippen LogP contribution in [0, 0.1) is 0 Å². The van der Waals surface area contributed by atoms with E-state index in [0.29, 0.717) is 6.54 Å². The lowest BCUT2D eigenvalue weighted by molar-refractivity contribution is 0.0793. The normalized spacial score (nSPS) is 11.1. The molecule has 6 heteroatoms. The first kappa shape index (κ1) is 16.2. The third-order valence-electron chi connectivity index (χ3n) is 2.85. The van der Waals surface area contributed by atoms with Crippen molar-refractivity contribution in [3.8, 4) is 0 Å². The van der Waals surface area contributed by atoms with Crippen LogP contribution in [0.1, 0.15) is 23.2 Å². The Morgan fingerprint density at radius 1 is 1.40 bits per heavy atom. The fraction of sp³-hybridized carbons (Fsp3) is 0.357. The number of hydrogen-bond acceptors (Lipinski definition) is 4. The minimum Gasteiger partial charge on any atom is -0.399 e. The van der Waals surface area contributed by atoms with Gasteiger partial charge in [0.1, 0.15) is 0 Å². The van der Waals surface area contributed by atoms with Gasteiger partial charge in [-0.2, -0.15) is 0 Å². The number of benzene rings is 1. The van der Waals surface area contributed by atoms with Crippen LogP contribution in [0.25, 0.3) is 0 Å². The monoisotopic (exact) mass is 296 g/mol. The van der Waals surface area contributed by atoms with E-state index in [9.17, 15) is 13.2 Å². The molecule has 0 aliphatic heterocycles. The first-order valence-corrected chi connectivity index (χ1v) is 8.12. The Hall–Kier alpha value is -1.82. The Kier molecular flexibility index (Phi) is 5.33. The van der Waals surface area contributed by atoms with Gasteiger partial charge in [-0.1, -0.05) is 6.08 Å². The Bertz CT molecular complexity index is 609. The van der Waals surface area contributed by atoms with Crippen molar-refractivity contribution in [3.05, 3.63) is 36.4 Å². The fourth-order valence-corrected chi connectivity index (χ4v) is 2.45. The van der Waals surface area contributed by atoms with Crippen molar-refractivity contribution < 1.29 is 13.2 Å². The molecule has 0 aliphatic rings. The van der Waals surface area contributed by atoms with E-state index in [0.717, 1.165) is 19.1 Å². The lowest BCUT2D eigenvalue weighted by atomic mass is 10.1. The SMILES string of the molecule is C=CCCCN(C)C(=O)c1cc(N)cc(S(C)(=O)=O)c1. The molecule has 1 rings (SSSR count). The van der Waals surface area contributed by atoms with Crippen LogP contribution < -0.4 is 5.73 Å². The third kappa shape index (κ3) is 4.38. The van der Waals surface area contributed by atoms with Gasteiger partial charge in [-0.25, -0.2) is 8.42 Å². The molecule has 5 nitrogen and oxygen atoms in total. The molecule has 20 heavy (non-hydrogen) atoms. The maximum Gasteiger partial charge on any atom is 0.253 e. The van der Waals surface area contributed by atoms with Crippen LogP contribution in [0.2, 0.25) is 0 Å². The van der Waals surface area contributed by atoms with E-state index in [2.05, 4.69) is 6.58 Å². The first-order valence-electron chi connectivity index (χ1n) is 6.22. The zero-order valence-electron chi connectivity index (χ0n) is 11.8. The number of carbonyl (C=O) groups excluding carboxylic acids is 1. The van der Waals surface area contributed by atoms with Crippen molar-refractivity contribution in [2.75, 3.05) is 25.6 Å². The molecule has 0 bridgehead atoms. The Morgan fingerprint density at radius 2 is 2.05 bits per heavy atom. The van der Waals surface area contributed by atoms with Crippen molar-refractivity contribution in [3.63, 3.8) is 0 Å². The topological polar surface area (TPSA) is 80.5 Å². The molecule has 0 spiro atoms. The molecule has 0 saturated carbocycles. The second-order valence-electron chi connectivity index (χ2n) is 4.72. The van der Waals surface area contributed by atoms with Gasteiger partial charge in [-0.15, -0.1) is 6.58 Å². The summed E-state index contributed by atoms with van der Waals surface area (Å²) in [7, 11) is -1.72. The van der Waals surface area contributed by atoms with Crippen LogP contribution >= 0.6 is 0 Å². The molecule has 0 fully saturated rings. The van der Waals surface area contributed by atoms with Gasteiger partial charge in [0.2, 0.25) is 0 Å². The number of amides is 1. The van der Waals surface area contributed by atoms with Gasteiger partial charge in [-0.05, 0) is 31.0 Å². The maximum absolute atomic E-state index is 12.2. The number of nitrogens with zero attached hydrogens (tertiary/aromatic N) is 1. The summed E-state index contributed by atoms with van der Waals surface area (Å²) in [6.07, 6.45) is 4.51. The molecule has 0 aromatic heterocycles. The molecule has 0 aliphatic carbocycles. The highest BCUT2D eigenvalue weighted by Gasteiger charge is 2.16. The summed E-state index contributed by atoms with van der Waals surface area (Å²) in [4.78, 5) is 13.8. The summed E-state index contributed by atoms with van der Waals surface area (Å²) < 4.78 is 23.1. The second kappa shape index (κ2) is 6.56. The van der Waals surface area contributed by atoms with Crippen LogP contribution in [-0.4, -0.2) is 39.1 Å². The van der Waals surface area contributed by atoms with Gasteiger partial charge in [-0.3, -0.25) is 4.79 Å². The molecular formula is C14H20N2O3S. The number of allylic oxidation sites excluding steroid dienone is 1. The first-order chi connectivity index (χ1) is 9.25. The van der Waals surface area contributed by atoms with Crippen molar-refractivity contribution in [1.29, 1.82) is 0 Å². The van der Waals surface area contributed by atoms with Crippen LogP contribution in [0.5, 0.6) is 0 Å². The third-order valence-corrected chi connectivity index (χ3v) is 3.94. The van der Waals surface area contributed by atoms with Crippen LogP contribution in [0.4, 0.5) is 5.69 Å². The molecule has 1 aromatic rings. The molecule has 1 amide bonds. The van der Waals surface area contributed by atoms with Crippen molar-refractivity contribution in [2.24, 2.45) is 0 Å². The molecule has 1 aromatic carbocycles. The predicted molar refractivity (Wildman–Crippen MR) is 80.4 cm³/mol. The molecule has 0 radical (unpaired) electrons. The van der Waals surface area contributed by atoms with Gasteiger partial charge < -0.3 is 10.6 Å². The Balaban J connectivity index is 2.98. The molecular weight excluding hydrogens is 276 g/mol. The highest BCUT2D eigenvalue weighted by Crippen LogP contribution is 2.18. The summed E-state index contributed by atoms with van der Waals surface area (Å²) in [6, 6.07) is 4.20. The summed E-state index contributed by atoms with van der Waals surface area (Å²) in [5.41, 5.74) is 6.21. The number of nitrogens with two attached hydrogens (primary N) is 1. The van der Waals surface area contributed by atoms with Crippen LogP contribution in [0.3, 0.4) is 0 Å². The highest BCUT2D eigenvalue weighted by atomic mass is 32.2. The summed E-state index contributed by atoms with van der Waals surface area (Å²) in [5, 5.41) is 0. The highest BCUT2D eigenvalue weighted by molar-refractivity contribution is 7.90. The average Bonchev–Trinajstić information content (AvgIpc) is 2.36. The lowest BCUT2D eigenvalue weighted by Crippen LogP contribution is -2.28. The van der Waals surface area contributed by atoms with Gasteiger partial charge in [0.05, 0.1) is 4.90 Å². The minimum absolute atomic E-state index is 0.0559.